The van der Waals surface area contributed by atoms with Gasteiger partial charge < -0.3 is 16.4 Å². The Balaban J connectivity index is 1.53. The Kier molecular flexibility index (Phi) is 6.09. The first-order valence-electron chi connectivity index (χ1n) is 11.0. The summed E-state index contributed by atoms with van der Waals surface area (Å²) < 4.78 is 25.9. The summed E-state index contributed by atoms with van der Waals surface area (Å²) in [7, 11) is -3.81. The number of aromatic nitrogens is 2. The third kappa shape index (κ3) is 4.04. The molecule has 1 aromatic carbocycles. The van der Waals surface area contributed by atoms with Crippen LogP contribution in [-0.2, 0) is 14.6 Å². The van der Waals surface area contributed by atoms with Crippen molar-refractivity contribution in [2.75, 3.05) is 36.8 Å². The topological polar surface area (TPSA) is 136 Å². The second-order valence-electron chi connectivity index (χ2n) is 8.67. The molecule has 2 fully saturated rings. The van der Waals surface area contributed by atoms with Gasteiger partial charge in [-0.05, 0) is 57.8 Å². The highest BCUT2D eigenvalue weighted by Gasteiger charge is 2.45. The van der Waals surface area contributed by atoms with Gasteiger partial charge in [0.1, 0.15) is 16.3 Å². The molecule has 2 aliphatic rings. The third-order valence-electron chi connectivity index (χ3n) is 6.68. The minimum absolute atomic E-state index is 0.0849. The molecular formula is C22H30N6O3S. The lowest BCUT2D eigenvalue weighted by molar-refractivity contribution is -0.132. The molecule has 0 unspecified atom stereocenters. The van der Waals surface area contributed by atoms with E-state index >= 15 is 0 Å². The van der Waals surface area contributed by atoms with E-state index in [0.717, 1.165) is 31.5 Å². The second kappa shape index (κ2) is 8.67. The Labute approximate surface area is 188 Å². The van der Waals surface area contributed by atoms with Crippen molar-refractivity contribution in [2.45, 2.75) is 54.4 Å². The van der Waals surface area contributed by atoms with Crippen LogP contribution in [0.3, 0.4) is 0 Å². The number of primary amides is 1. The number of nitrogens with zero attached hydrogens (tertiary/aromatic N) is 4. The van der Waals surface area contributed by atoms with Gasteiger partial charge in [0.2, 0.25) is 21.7 Å². The van der Waals surface area contributed by atoms with Crippen molar-refractivity contribution in [3.05, 3.63) is 36.0 Å². The van der Waals surface area contributed by atoms with Crippen LogP contribution in [0.15, 0.2) is 40.3 Å². The average Bonchev–Trinajstić information content (AvgIpc) is 2.79. The van der Waals surface area contributed by atoms with Gasteiger partial charge in [-0.3, -0.25) is 9.69 Å². The van der Waals surface area contributed by atoms with Crippen molar-refractivity contribution in [2.24, 2.45) is 5.73 Å². The monoisotopic (exact) mass is 458 g/mol. The van der Waals surface area contributed by atoms with E-state index in [4.69, 9.17) is 11.5 Å². The average molecular weight is 459 g/mol. The zero-order valence-electron chi connectivity index (χ0n) is 18.3. The minimum Gasteiger partial charge on any atom is -0.382 e. The minimum atomic E-state index is -3.81. The van der Waals surface area contributed by atoms with Gasteiger partial charge in [0.25, 0.3) is 0 Å². The van der Waals surface area contributed by atoms with Gasteiger partial charge in [-0.2, -0.15) is 4.98 Å². The van der Waals surface area contributed by atoms with Crippen molar-refractivity contribution < 1.29 is 13.2 Å². The number of benzene rings is 1. The number of carbonyl (C=O) groups excluding carboxylic acids is 1. The van der Waals surface area contributed by atoms with E-state index in [1.165, 1.54) is 12.6 Å². The van der Waals surface area contributed by atoms with E-state index in [2.05, 4.69) is 14.9 Å². The molecule has 0 radical (unpaired) electrons. The number of hydrogen-bond donors (Lipinski definition) is 2. The van der Waals surface area contributed by atoms with E-state index in [1.807, 2.05) is 11.8 Å². The van der Waals surface area contributed by atoms with Gasteiger partial charge in [-0.1, -0.05) is 24.1 Å². The maximum absolute atomic E-state index is 13.0. The summed E-state index contributed by atoms with van der Waals surface area (Å²) >= 11 is 0. The molecule has 2 aromatic rings. The highest BCUT2D eigenvalue weighted by Crippen LogP contribution is 2.33. The fourth-order valence-electron chi connectivity index (χ4n) is 4.70. The predicted octanol–water partition coefficient (Wildman–Crippen LogP) is 1.51. The quantitative estimate of drug-likeness (QED) is 0.688. The molecule has 4 rings (SSSR count). The highest BCUT2D eigenvalue weighted by molar-refractivity contribution is 7.91. The Hall–Kier alpha value is -2.72. The lowest BCUT2D eigenvalue weighted by Gasteiger charge is -2.48. The van der Waals surface area contributed by atoms with Crippen LogP contribution in [0.4, 0.5) is 11.8 Å². The number of likely N-dealkylation sites (tertiary alicyclic amines) is 1. The van der Waals surface area contributed by atoms with Crippen molar-refractivity contribution in [1.82, 2.24) is 14.9 Å². The number of sulfone groups is 1. The van der Waals surface area contributed by atoms with Gasteiger partial charge in [0.05, 0.1) is 11.1 Å². The molecule has 9 nitrogen and oxygen atoms in total. The molecule has 0 atom stereocenters. The first-order valence-corrected chi connectivity index (χ1v) is 12.5. The van der Waals surface area contributed by atoms with Crippen molar-refractivity contribution >= 4 is 27.5 Å². The van der Waals surface area contributed by atoms with E-state index < -0.39 is 15.4 Å². The van der Waals surface area contributed by atoms with Gasteiger partial charge in [0.15, 0.2) is 0 Å². The number of anilines is 2. The van der Waals surface area contributed by atoms with Crippen LogP contribution < -0.4 is 16.4 Å². The Morgan fingerprint density at radius 1 is 1.03 bits per heavy atom. The zero-order valence-corrected chi connectivity index (χ0v) is 19.1. The largest absolute Gasteiger partial charge is 0.382 e. The Morgan fingerprint density at radius 2 is 1.66 bits per heavy atom. The van der Waals surface area contributed by atoms with Crippen LogP contribution in [-0.4, -0.2) is 60.9 Å². The number of carbonyl (C=O) groups is 1. The molecule has 2 saturated heterocycles. The first-order chi connectivity index (χ1) is 15.2. The SMILES string of the molecule is Cc1ccc(S(=O)(=O)c2cnc(N3CCC(C(N)=O)(N4CCCCC4)CC3)nc2N)cc1. The summed E-state index contributed by atoms with van der Waals surface area (Å²) in [5, 5.41) is 0. The van der Waals surface area contributed by atoms with Crippen LogP contribution >= 0.6 is 0 Å². The van der Waals surface area contributed by atoms with Gasteiger partial charge in [-0.15, -0.1) is 0 Å². The van der Waals surface area contributed by atoms with Gasteiger partial charge in [0, 0.05) is 13.1 Å². The smallest absolute Gasteiger partial charge is 0.238 e. The van der Waals surface area contributed by atoms with Crippen molar-refractivity contribution in [1.29, 1.82) is 0 Å². The molecular weight excluding hydrogens is 428 g/mol. The summed E-state index contributed by atoms with van der Waals surface area (Å²) in [6, 6.07) is 6.57. The number of rotatable bonds is 5. The zero-order chi connectivity index (χ0) is 22.9. The molecule has 10 heteroatoms. The number of amides is 1. The molecule has 2 aliphatic heterocycles. The maximum Gasteiger partial charge on any atom is 0.238 e. The number of hydrogen-bond acceptors (Lipinski definition) is 8. The lowest BCUT2D eigenvalue weighted by atomic mass is 9.83. The molecule has 0 aliphatic carbocycles. The normalized spacial score (nSPS) is 19.6. The van der Waals surface area contributed by atoms with Crippen LogP contribution in [0.1, 0.15) is 37.7 Å². The van der Waals surface area contributed by atoms with E-state index in [0.29, 0.717) is 31.9 Å². The fraction of sp³-hybridized carbons (Fsp3) is 0.500. The highest BCUT2D eigenvalue weighted by atomic mass is 32.2. The second-order valence-corrected chi connectivity index (χ2v) is 10.6. The van der Waals surface area contributed by atoms with Gasteiger partial charge in [-0.25, -0.2) is 13.4 Å². The summed E-state index contributed by atoms with van der Waals surface area (Å²) in [6.07, 6.45) is 5.77. The molecule has 1 aromatic heterocycles. The van der Waals surface area contributed by atoms with Gasteiger partial charge >= 0.3 is 0 Å². The van der Waals surface area contributed by atoms with E-state index in [-0.39, 0.29) is 21.5 Å². The maximum atomic E-state index is 13.0. The third-order valence-corrected chi connectivity index (χ3v) is 8.47. The van der Waals surface area contributed by atoms with Crippen LogP contribution in [0.2, 0.25) is 0 Å². The number of nitrogens with two attached hydrogens (primary N) is 2. The summed E-state index contributed by atoms with van der Waals surface area (Å²) in [5.41, 5.74) is 12.2. The summed E-state index contributed by atoms with van der Waals surface area (Å²) in [4.78, 5) is 25.2. The summed E-state index contributed by atoms with van der Waals surface area (Å²) in [6.45, 7) is 4.75. The first kappa shape index (κ1) is 22.5. The summed E-state index contributed by atoms with van der Waals surface area (Å²) in [5.74, 6) is -0.000523. The molecule has 0 saturated carbocycles. The number of nitrogen functional groups attached to an aromatic ring is 1. The molecule has 1 amide bonds. The predicted molar refractivity (Wildman–Crippen MR) is 122 cm³/mol. The Morgan fingerprint density at radius 3 is 2.22 bits per heavy atom. The van der Waals surface area contributed by atoms with Crippen molar-refractivity contribution in [3.8, 4) is 0 Å². The van der Waals surface area contributed by atoms with E-state index in [9.17, 15) is 13.2 Å². The van der Waals surface area contributed by atoms with Crippen LogP contribution in [0.5, 0.6) is 0 Å². The van der Waals surface area contributed by atoms with Crippen LogP contribution in [0, 0.1) is 6.92 Å². The number of aryl methyl sites for hydroxylation is 1. The van der Waals surface area contributed by atoms with Crippen LogP contribution in [0.25, 0.3) is 0 Å². The molecule has 0 spiro atoms. The standard InChI is InChI=1S/C22H30N6O3S/c1-16-5-7-17(8-6-16)32(30,31)18-15-25-21(26-19(18)23)27-13-9-22(10-14-27,20(24)29)28-11-3-2-4-12-28/h5-8,15H,2-4,9-14H2,1H3,(H2,24,29)(H2,23,25,26). The number of piperidine rings is 2. The molecule has 32 heavy (non-hydrogen) atoms. The molecule has 0 bridgehead atoms. The lowest BCUT2D eigenvalue weighted by Crippen LogP contribution is -2.63. The molecule has 172 valence electrons. The van der Waals surface area contributed by atoms with E-state index in [1.54, 1.807) is 24.3 Å². The Bertz CT molecular complexity index is 1090. The molecule has 4 N–H and O–H groups in total. The fourth-order valence-corrected chi connectivity index (χ4v) is 5.96. The van der Waals surface area contributed by atoms with Crippen molar-refractivity contribution in [3.63, 3.8) is 0 Å². The molecule has 3 heterocycles.